The summed E-state index contributed by atoms with van der Waals surface area (Å²) >= 11 is 3.40. The Kier molecular flexibility index (Phi) is 4.67. The fourth-order valence-electron chi connectivity index (χ4n) is 2.61. The Balaban J connectivity index is 2.07. The number of carbonyl (C=O) groups is 1. The quantitative estimate of drug-likeness (QED) is 0.700. The molecule has 0 fully saturated rings. The van der Waals surface area contributed by atoms with Crippen LogP contribution in [-0.4, -0.2) is 11.4 Å². The summed E-state index contributed by atoms with van der Waals surface area (Å²) in [5, 5.41) is 0. The van der Waals surface area contributed by atoms with Crippen molar-refractivity contribution in [1.82, 2.24) is 0 Å². The number of Topliss-reactive ketones (excluding diaryl/α,β-unsaturated/α-hetero) is 1. The van der Waals surface area contributed by atoms with Gasteiger partial charge in [0.1, 0.15) is 11.4 Å². The maximum atomic E-state index is 12.2. The van der Waals surface area contributed by atoms with E-state index in [4.69, 9.17) is 4.74 Å². The smallest absolute Gasteiger partial charge is 0.170 e. The highest BCUT2D eigenvalue weighted by Crippen LogP contribution is 2.37. The zero-order valence-corrected chi connectivity index (χ0v) is 13.3. The third-order valence-electron chi connectivity index (χ3n) is 3.69. The second-order valence-corrected chi connectivity index (χ2v) is 6.52. The highest BCUT2D eigenvalue weighted by molar-refractivity contribution is 9.10. The SMILES string of the molecule is CCCCCCC1(C)CC(=O)c2cc(Br)ccc2O1. The Morgan fingerprint density at radius 1 is 1.32 bits per heavy atom. The van der Waals surface area contributed by atoms with E-state index in [0.717, 1.165) is 23.1 Å². The molecule has 1 atom stereocenters. The first-order chi connectivity index (χ1) is 9.04. The van der Waals surface area contributed by atoms with Crippen molar-refractivity contribution < 1.29 is 9.53 Å². The van der Waals surface area contributed by atoms with Gasteiger partial charge in [0, 0.05) is 4.47 Å². The van der Waals surface area contributed by atoms with Gasteiger partial charge < -0.3 is 4.74 Å². The van der Waals surface area contributed by atoms with E-state index in [1.165, 1.54) is 19.3 Å². The molecular weight excluding hydrogens is 304 g/mol. The minimum Gasteiger partial charge on any atom is -0.486 e. The molecule has 0 bridgehead atoms. The summed E-state index contributed by atoms with van der Waals surface area (Å²) in [6, 6.07) is 5.67. The van der Waals surface area contributed by atoms with Crippen molar-refractivity contribution in [3.63, 3.8) is 0 Å². The van der Waals surface area contributed by atoms with Gasteiger partial charge >= 0.3 is 0 Å². The monoisotopic (exact) mass is 324 g/mol. The lowest BCUT2D eigenvalue weighted by Crippen LogP contribution is -2.39. The van der Waals surface area contributed by atoms with E-state index >= 15 is 0 Å². The normalized spacial score (nSPS) is 21.9. The van der Waals surface area contributed by atoms with E-state index in [9.17, 15) is 4.79 Å². The standard InChI is InChI=1S/C16H21BrO2/c1-3-4-5-6-9-16(2)11-14(18)13-10-12(17)7-8-15(13)19-16/h7-8,10H,3-6,9,11H2,1-2H3. The number of hydrogen-bond donors (Lipinski definition) is 0. The van der Waals surface area contributed by atoms with Crippen LogP contribution in [0.1, 0.15) is 62.7 Å². The van der Waals surface area contributed by atoms with Gasteiger partial charge in [-0.3, -0.25) is 4.79 Å². The maximum absolute atomic E-state index is 12.2. The van der Waals surface area contributed by atoms with E-state index in [0.29, 0.717) is 12.0 Å². The second kappa shape index (κ2) is 6.08. The van der Waals surface area contributed by atoms with Crippen LogP contribution in [0.3, 0.4) is 0 Å². The summed E-state index contributed by atoms with van der Waals surface area (Å²) in [5.41, 5.74) is 0.381. The molecule has 0 aromatic heterocycles. The van der Waals surface area contributed by atoms with Crippen LogP contribution >= 0.6 is 15.9 Å². The molecular formula is C16H21BrO2. The van der Waals surface area contributed by atoms with Crippen LogP contribution < -0.4 is 4.74 Å². The number of carbonyl (C=O) groups excluding carboxylic acids is 1. The number of ether oxygens (including phenoxy) is 1. The van der Waals surface area contributed by atoms with Gasteiger partial charge in [-0.2, -0.15) is 0 Å². The molecule has 3 heteroatoms. The first kappa shape index (κ1) is 14.6. The average Bonchev–Trinajstić information content (AvgIpc) is 2.36. The summed E-state index contributed by atoms with van der Waals surface area (Å²) < 4.78 is 7.01. The van der Waals surface area contributed by atoms with Crippen LogP contribution in [0.15, 0.2) is 22.7 Å². The van der Waals surface area contributed by atoms with Gasteiger partial charge in [-0.05, 0) is 38.0 Å². The molecule has 19 heavy (non-hydrogen) atoms. The number of rotatable bonds is 5. The number of unbranched alkanes of at least 4 members (excludes halogenated alkanes) is 3. The molecule has 104 valence electrons. The van der Waals surface area contributed by atoms with E-state index in [1.54, 1.807) is 0 Å². The number of halogens is 1. The predicted molar refractivity (Wildman–Crippen MR) is 80.9 cm³/mol. The minimum atomic E-state index is -0.328. The van der Waals surface area contributed by atoms with Crippen molar-refractivity contribution >= 4 is 21.7 Å². The Bertz CT molecular complexity index is 470. The van der Waals surface area contributed by atoms with Crippen LogP contribution in [-0.2, 0) is 0 Å². The molecule has 2 nitrogen and oxygen atoms in total. The molecule has 2 rings (SSSR count). The van der Waals surface area contributed by atoms with Gasteiger partial charge in [-0.25, -0.2) is 0 Å². The summed E-state index contributed by atoms with van der Waals surface area (Å²) in [7, 11) is 0. The zero-order chi connectivity index (χ0) is 13.9. The number of fused-ring (bicyclic) bond motifs is 1. The Labute approximate surface area is 123 Å². The third kappa shape index (κ3) is 3.59. The van der Waals surface area contributed by atoms with E-state index in [2.05, 4.69) is 29.8 Å². The number of benzene rings is 1. The number of hydrogen-bond acceptors (Lipinski definition) is 2. The van der Waals surface area contributed by atoms with Crippen LogP contribution in [0.2, 0.25) is 0 Å². The second-order valence-electron chi connectivity index (χ2n) is 5.60. The fraction of sp³-hybridized carbons (Fsp3) is 0.562. The molecule has 1 unspecified atom stereocenters. The molecule has 0 aliphatic carbocycles. The lowest BCUT2D eigenvalue weighted by atomic mass is 9.87. The average molecular weight is 325 g/mol. The molecule has 0 saturated carbocycles. The van der Waals surface area contributed by atoms with Crippen LogP contribution in [0.4, 0.5) is 0 Å². The zero-order valence-electron chi connectivity index (χ0n) is 11.7. The Hall–Kier alpha value is -0.830. The first-order valence-electron chi connectivity index (χ1n) is 7.06. The van der Waals surface area contributed by atoms with E-state index in [1.807, 2.05) is 18.2 Å². The first-order valence-corrected chi connectivity index (χ1v) is 7.85. The minimum absolute atomic E-state index is 0.195. The van der Waals surface area contributed by atoms with Crippen molar-refractivity contribution in [3.05, 3.63) is 28.2 Å². The highest BCUT2D eigenvalue weighted by atomic mass is 79.9. The van der Waals surface area contributed by atoms with Crippen molar-refractivity contribution in [1.29, 1.82) is 0 Å². The van der Waals surface area contributed by atoms with Crippen molar-refractivity contribution in [2.75, 3.05) is 0 Å². The van der Waals surface area contributed by atoms with E-state index < -0.39 is 0 Å². The molecule has 0 saturated heterocycles. The van der Waals surface area contributed by atoms with Gasteiger partial charge in [0.05, 0.1) is 12.0 Å². The van der Waals surface area contributed by atoms with Crippen LogP contribution in [0.25, 0.3) is 0 Å². The van der Waals surface area contributed by atoms with Gasteiger partial charge in [0.25, 0.3) is 0 Å². The fourth-order valence-corrected chi connectivity index (χ4v) is 2.97. The molecule has 1 heterocycles. The van der Waals surface area contributed by atoms with Crippen molar-refractivity contribution in [3.8, 4) is 5.75 Å². The molecule has 1 aromatic rings. The van der Waals surface area contributed by atoms with Crippen LogP contribution in [0, 0.1) is 0 Å². The van der Waals surface area contributed by atoms with E-state index in [-0.39, 0.29) is 11.4 Å². The Morgan fingerprint density at radius 2 is 2.11 bits per heavy atom. The van der Waals surface area contributed by atoms with Gasteiger partial charge in [-0.1, -0.05) is 42.1 Å². The summed E-state index contributed by atoms with van der Waals surface area (Å²) in [4.78, 5) is 12.2. The molecule has 1 aliphatic heterocycles. The van der Waals surface area contributed by atoms with Gasteiger partial charge in [-0.15, -0.1) is 0 Å². The lowest BCUT2D eigenvalue weighted by molar-refractivity contribution is 0.0453. The van der Waals surface area contributed by atoms with Gasteiger partial charge in [0.2, 0.25) is 0 Å². The molecule has 0 spiro atoms. The summed E-state index contributed by atoms with van der Waals surface area (Å²) in [6.07, 6.45) is 6.28. The third-order valence-corrected chi connectivity index (χ3v) is 4.19. The molecule has 0 radical (unpaired) electrons. The highest BCUT2D eigenvalue weighted by Gasteiger charge is 2.35. The van der Waals surface area contributed by atoms with Crippen molar-refractivity contribution in [2.45, 2.75) is 58.0 Å². The summed E-state index contributed by atoms with van der Waals surface area (Å²) in [6.45, 7) is 4.26. The van der Waals surface area contributed by atoms with Crippen molar-refractivity contribution in [2.24, 2.45) is 0 Å². The maximum Gasteiger partial charge on any atom is 0.170 e. The molecule has 1 aliphatic rings. The van der Waals surface area contributed by atoms with Gasteiger partial charge in [0.15, 0.2) is 5.78 Å². The predicted octanol–water partition coefficient (Wildman–Crippen LogP) is 5.14. The molecule has 1 aromatic carbocycles. The Morgan fingerprint density at radius 3 is 2.84 bits per heavy atom. The lowest BCUT2D eigenvalue weighted by Gasteiger charge is -2.35. The van der Waals surface area contributed by atoms with Crippen LogP contribution in [0.5, 0.6) is 5.75 Å². The number of ketones is 1. The topological polar surface area (TPSA) is 26.3 Å². The summed E-state index contributed by atoms with van der Waals surface area (Å²) in [5.74, 6) is 0.929. The molecule has 0 amide bonds. The largest absolute Gasteiger partial charge is 0.486 e. The molecule has 0 N–H and O–H groups in total.